The third-order valence-electron chi connectivity index (χ3n) is 2.89. The predicted octanol–water partition coefficient (Wildman–Crippen LogP) is 2.57. The zero-order chi connectivity index (χ0) is 12.4. The second-order valence-electron chi connectivity index (χ2n) is 4.73. The summed E-state index contributed by atoms with van der Waals surface area (Å²) >= 11 is 12.0. The Balaban J connectivity index is 2.07. The van der Waals surface area contributed by atoms with Gasteiger partial charge in [-0.25, -0.2) is 4.98 Å². The largest absolute Gasteiger partial charge is 0.309 e. The molecular formula is C12H17Cl2N3. The van der Waals surface area contributed by atoms with Gasteiger partial charge in [0.1, 0.15) is 5.15 Å². The molecule has 0 bridgehead atoms. The van der Waals surface area contributed by atoms with E-state index in [0.717, 1.165) is 25.3 Å². The molecule has 2 rings (SSSR count). The molecule has 0 spiro atoms. The van der Waals surface area contributed by atoms with Crippen molar-refractivity contribution in [3.05, 3.63) is 28.0 Å². The van der Waals surface area contributed by atoms with Gasteiger partial charge in [0.2, 0.25) is 0 Å². The summed E-state index contributed by atoms with van der Waals surface area (Å²) in [6.45, 7) is 7.16. The van der Waals surface area contributed by atoms with Crippen molar-refractivity contribution in [1.29, 1.82) is 0 Å². The van der Waals surface area contributed by atoms with Crippen molar-refractivity contribution in [1.82, 2.24) is 15.2 Å². The summed E-state index contributed by atoms with van der Waals surface area (Å²) in [6.07, 6.45) is 0. The Morgan fingerprint density at radius 3 is 2.59 bits per heavy atom. The summed E-state index contributed by atoms with van der Waals surface area (Å²) in [4.78, 5) is 6.65. The highest BCUT2D eigenvalue weighted by Crippen LogP contribution is 2.19. The highest BCUT2D eigenvalue weighted by Gasteiger charge is 2.21. The van der Waals surface area contributed by atoms with E-state index in [0.29, 0.717) is 22.3 Å². The molecule has 2 atom stereocenters. The lowest BCUT2D eigenvalue weighted by Gasteiger charge is -2.36. The first-order chi connectivity index (χ1) is 8.04. The molecule has 94 valence electrons. The van der Waals surface area contributed by atoms with Crippen molar-refractivity contribution >= 4 is 23.2 Å². The molecule has 1 aromatic heterocycles. The van der Waals surface area contributed by atoms with Crippen LogP contribution in [0.3, 0.4) is 0 Å². The lowest BCUT2D eigenvalue weighted by Crippen LogP contribution is -2.53. The number of nitrogens with zero attached hydrogens (tertiary/aromatic N) is 2. The normalized spacial score (nSPS) is 26.1. The van der Waals surface area contributed by atoms with Crippen molar-refractivity contribution in [2.24, 2.45) is 0 Å². The molecule has 0 saturated carbocycles. The van der Waals surface area contributed by atoms with E-state index in [1.807, 2.05) is 0 Å². The summed E-state index contributed by atoms with van der Waals surface area (Å²) < 4.78 is 0. The zero-order valence-corrected chi connectivity index (χ0v) is 11.6. The molecule has 1 saturated heterocycles. The van der Waals surface area contributed by atoms with Crippen molar-refractivity contribution < 1.29 is 0 Å². The molecule has 0 aliphatic carbocycles. The maximum atomic E-state index is 6.12. The van der Waals surface area contributed by atoms with Crippen molar-refractivity contribution in [2.45, 2.75) is 32.5 Å². The molecule has 0 radical (unpaired) electrons. The molecule has 1 aromatic rings. The minimum absolute atomic E-state index is 0.497. The summed E-state index contributed by atoms with van der Waals surface area (Å²) in [5.74, 6) is 0. The van der Waals surface area contributed by atoms with Gasteiger partial charge in [0.15, 0.2) is 0 Å². The number of halogens is 2. The summed E-state index contributed by atoms with van der Waals surface area (Å²) in [6, 6.07) is 4.52. The fourth-order valence-electron chi connectivity index (χ4n) is 2.35. The van der Waals surface area contributed by atoms with Crippen LogP contribution in [0.4, 0.5) is 0 Å². The quantitative estimate of drug-likeness (QED) is 0.840. The van der Waals surface area contributed by atoms with E-state index < -0.39 is 0 Å². The summed E-state index contributed by atoms with van der Waals surface area (Å²) in [7, 11) is 0. The highest BCUT2D eigenvalue weighted by atomic mass is 35.5. The molecule has 0 aromatic carbocycles. The van der Waals surface area contributed by atoms with E-state index in [2.05, 4.69) is 29.0 Å². The molecule has 2 unspecified atom stereocenters. The predicted molar refractivity (Wildman–Crippen MR) is 71.6 cm³/mol. The number of piperazine rings is 1. The fraction of sp³-hybridized carbons (Fsp3) is 0.583. The molecule has 1 fully saturated rings. The van der Waals surface area contributed by atoms with E-state index in [1.54, 1.807) is 12.1 Å². The standard InChI is InChI=1S/C12H17Cl2N3/c1-8-5-17(6-9(2)15-8)7-11-10(13)3-4-12(14)16-11/h3-4,8-9,15H,5-7H2,1-2H3. The number of pyridine rings is 1. The number of rotatable bonds is 2. The van der Waals surface area contributed by atoms with Crippen LogP contribution in [0.15, 0.2) is 12.1 Å². The van der Waals surface area contributed by atoms with E-state index >= 15 is 0 Å². The van der Waals surface area contributed by atoms with Crippen molar-refractivity contribution in [3.8, 4) is 0 Å². The van der Waals surface area contributed by atoms with Crippen LogP contribution in [0.1, 0.15) is 19.5 Å². The van der Waals surface area contributed by atoms with E-state index in [1.165, 1.54) is 0 Å². The molecule has 2 heterocycles. The summed E-state index contributed by atoms with van der Waals surface area (Å²) in [5, 5.41) is 4.69. The second-order valence-corrected chi connectivity index (χ2v) is 5.52. The molecule has 3 nitrogen and oxygen atoms in total. The van der Waals surface area contributed by atoms with Gasteiger partial charge in [0.05, 0.1) is 10.7 Å². The Morgan fingerprint density at radius 1 is 1.29 bits per heavy atom. The first-order valence-corrected chi connectivity index (χ1v) is 6.59. The third kappa shape index (κ3) is 3.55. The Labute approximate surface area is 112 Å². The number of hydrogen-bond donors (Lipinski definition) is 1. The van der Waals surface area contributed by atoms with Gasteiger partial charge >= 0.3 is 0 Å². The molecule has 1 aliphatic heterocycles. The van der Waals surface area contributed by atoms with Gasteiger partial charge in [-0.1, -0.05) is 23.2 Å². The Bertz CT molecular complexity index is 387. The molecule has 1 N–H and O–H groups in total. The van der Waals surface area contributed by atoms with Gasteiger partial charge in [0.25, 0.3) is 0 Å². The molecular weight excluding hydrogens is 257 g/mol. The van der Waals surface area contributed by atoms with E-state index in [9.17, 15) is 0 Å². The van der Waals surface area contributed by atoms with Gasteiger partial charge in [-0.05, 0) is 26.0 Å². The Hall–Kier alpha value is -0.350. The van der Waals surface area contributed by atoms with E-state index in [4.69, 9.17) is 23.2 Å². The number of aromatic nitrogens is 1. The number of hydrogen-bond acceptors (Lipinski definition) is 3. The SMILES string of the molecule is CC1CN(Cc2nc(Cl)ccc2Cl)CC(C)N1. The Kier molecular flexibility index (Phi) is 4.26. The smallest absolute Gasteiger partial charge is 0.129 e. The van der Waals surface area contributed by atoms with Crippen LogP contribution in [-0.4, -0.2) is 35.1 Å². The average molecular weight is 274 g/mol. The maximum absolute atomic E-state index is 6.12. The minimum Gasteiger partial charge on any atom is -0.309 e. The van der Waals surface area contributed by atoms with Crippen LogP contribution in [0.2, 0.25) is 10.2 Å². The minimum atomic E-state index is 0.497. The fourth-order valence-corrected chi connectivity index (χ4v) is 2.68. The lowest BCUT2D eigenvalue weighted by molar-refractivity contribution is 0.165. The lowest BCUT2D eigenvalue weighted by atomic mass is 10.1. The van der Waals surface area contributed by atoms with E-state index in [-0.39, 0.29) is 0 Å². The van der Waals surface area contributed by atoms with Gasteiger partial charge in [-0.2, -0.15) is 0 Å². The first kappa shape index (κ1) is 13.1. The van der Waals surface area contributed by atoms with Crippen LogP contribution in [0.5, 0.6) is 0 Å². The maximum Gasteiger partial charge on any atom is 0.129 e. The van der Waals surface area contributed by atoms with Crippen molar-refractivity contribution in [2.75, 3.05) is 13.1 Å². The van der Waals surface area contributed by atoms with Crippen LogP contribution < -0.4 is 5.32 Å². The zero-order valence-electron chi connectivity index (χ0n) is 10.1. The van der Waals surface area contributed by atoms with Crippen molar-refractivity contribution in [3.63, 3.8) is 0 Å². The first-order valence-electron chi connectivity index (χ1n) is 5.84. The van der Waals surface area contributed by atoms with Crippen LogP contribution in [0, 0.1) is 0 Å². The number of nitrogens with one attached hydrogen (secondary N) is 1. The average Bonchev–Trinajstić information content (AvgIpc) is 2.22. The topological polar surface area (TPSA) is 28.2 Å². The van der Waals surface area contributed by atoms with Crippen LogP contribution >= 0.6 is 23.2 Å². The van der Waals surface area contributed by atoms with Gasteiger partial charge < -0.3 is 5.32 Å². The summed E-state index contributed by atoms with van der Waals surface area (Å²) in [5.41, 5.74) is 0.862. The highest BCUT2D eigenvalue weighted by molar-refractivity contribution is 6.32. The third-order valence-corrected chi connectivity index (χ3v) is 3.45. The second kappa shape index (κ2) is 5.53. The van der Waals surface area contributed by atoms with Gasteiger partial charge in [-0.15, -0.1) is 0 Å². The van der Waals surface area contributed by atoms with Gasteiger partial charge in [0, 0.05) is 31.7 Å². The van der Waals surface area contributed by atoms with Crippen LogP contribution in [0.25, 0.3) is 0 Å². The molecule has 5 heteroatoms. The monoisotopic (exact) mass is 273 g/mol. The van der Waals surface area contributed by atoms with Gasteiger partial charge in [-0.3, -0.25) is 4.90 Å². The Morgan fingerprint density at radius 2 is 1.94 bits per heavy atom. The molecule has 17 heavy (non-hydrogen) atoms. The van der Waals surface area contributed by atoms with Crippen LogP contribution in [-0.2, 0) is 6.54 Å². The molecule has 1 aliphatic rings. The molecule has 0 amide bonds.